The van der Waals surface area contributed by atoms with Crippen molar-refractivity contribution in [3.8, 4) is 0 Å². The highest BCUT2D eigenvalue weighted by molar-refractivity contribution is 7.14. The van der Waals surface area contributed by atoms with Crippen molar-refractivity contribution in [1.29, 1.82) is 0 Å². The molecule has 0 atom stereocenters. The summed E-state index contributed by atoms with van der Waals surface area (Å²) in [5, 5.41) is 5.22. The normalized spacial score (nSPS) is 10.2. The summed E-state index contributed by atoms with van der Waals surface area (Å²) >= 11 is 7.04. The smallest absolute Gasteiger partial charge is 0.257 e. The van der Waals surface area contributed by atoms with Gasteiger partial charge in [0.1, 0.15) is 0 Å². The van der Waals surface area contributed by atoms with Crippen LogP contribution in [-0.2, 0) is 11.2 Å². The molecule has 1 aromatic carbocycles. The molecule has 0 fully saturated rings. The zero-order chi connectivity index (χ0) is 13.8. The lowest BCUT2D eigenvalue weighted by Gasteiger charge is -2.01. The Hall–Kier alpha value is -1.92. The van der Waals surface area contributed by atoms with Crippen LogP contribution >= 0.6 is 22.9 Å². The Morgan fingerprint density at radius 2 is 2.21 bits per heavy atom. The van der Waals surface area contributed by atoms with Gasteiger partial charge in [0.2, 0.25) is 5.91 Å². The molecule has 0 aliphatic heterocycles. The molecule has 0 spiro atoms. The van der Waals surface area contributed by atoms with Crippen LogP contribution in [0.25, 0.3) is 0 Å². The van der Waals surface area contributed by atoms with Gasteiger partial charge in [-0.2, -0.15) is 0 Å². The van der Waals surface area contributed by atoms with Gasteiger partial charge in [0, 0.05) is 16.0 Å². The molecule has 1 heterocycles. The van der Waals surface area contributed by atoms with Crippen molar-refractivity contribution in [3.05, 3.63) is 45.9 Å². The Morgan fingerprint density at radius 1 is 1.42 bits per heavy atom. The van der Waals surface area contributed by atoms with Gasteiger partial charge in [-0.15, -0.1) is 11.3 Å². The van der Waals surface area contributed by atoms with Gasteiger partial charge in [-0.25, -0.2) is 4.98 Å². The van der Waals surface area contributed by atoms with Gasteiger partial charge in [-0.3, -0.25) is 14.9 Å². The quantitative estimate of drug-likeness (QED) is 0.905. The summed E-state index contributed by atoms with van der Waals surface area (Å²) < 4.78 is 0. The van der Waals surface area contributed by atoms with Crippen LogP contribution in [-0.4, -0.2) is 16.8 Å². The van der Waals surface area contributed by atoms with Crippen LogP contribution in [0.3, 0.4) is 0 Å². The summed E-state index contributed by atoms with van der Waals surface area (Å²) in [7, 11) is 0. The predicted octanol–water partition coefficient (Wildman–Crippen LogP) is 2.08. The molecule has 98 valence electrons. The fourth-order valence-corrected chi connectivity index (χ4v) is 2.32. The second kappa shape index (κ2) is 5.81. The summed E-state index contributed by atoms with van der Waals surface area (Å²) in [6.07, 6.45) is 0.0591. The number of carbonyl (C=O) groups excluding carboxylic acids is 2. The standard InChI is InChI=1S/C12H10ClN3O2S/c13-8-3-1-2-7(4-8)11(18)16-12-15-9(6-19-12)5-10(14)17/h1-4,6H,5H2,(H2,14,17)(H,15,16,18). The Kier molecular flexibility index (Phi) is 4.13. The van der Waals surface area contributed by atoms with E-state index in [0.717, 1.165) is 0 Å². The van der Waals surface area contributed by atoms with Gasteiger partial charge in [-0.05, 0) is 18.2 Å². The zero-order valence-corrected chi connectivity index (χ0v) is 11.3. The Labute approximate surface area is 118 Å². The number of aromatic nitrogens is 1. The maximum atomic E-state index is 11.9. The van der Waals surface area contributed by atoms with Crippen molar-refractivity contribution in [1.82, 2.24) is 4.98 Å². The summed E-state index contributed by atoms with van der Waals surface area (Å²) in [6, 6.07) is 6.60. The fourth-order valence-electron chi connectivity index (χ4n) is 1.42. The maximum Gasteiger partial charge on any atom is 0.257 e. The molecular formula is C12H10ClN3O2S. The van der Waals surface area contributed by atoms with Gasteiger partial charge < -0.3 is 5.73 Å². The number of primary amides is 1. The average Bonchev–Trinajstić information content (AvgIpc) is 2.75. The van der Waals surface area contributed by atoms with Crippen LogP contribution in [0.1, 0.15) is 16.1 Å². The van der Waals surface area contributed by atoms with E-state index < -0.39 is 5.91 Å². The zero-order valence-electron chi connectivity index (χ0n) is 9.72. The number of amides is 2. The molecule has 2 amide bonds. The van der Waals surface area contributed by atoms with Crippen LogP contribution in [0.15, 0.2) is 29.6 Å². The summed E-state index contributed by atoms with van der Waals surface area (Å²) in [5.41, 5.74) is 6.05. The number of anilines is 1. The summed E-state index contributed by atoms with van der Waals surface area (Å²) in [5.74, 6) is -0.763. The van der Waals surface area contributed by atoms with E-state index in [-0.39, 0.29) is 12.3 Å². The first kappa shape index (κ1) is 13.5. The second-order valence-corrected chi connectivity index (χ2v) is 5.05. The average molecular weight is 296 g/mol. The first-order valence-corrected chi connectivity index (χ1v) is 6.60. The summed E-state index contributed by atoms with van der Waals surface area (Å²) in [6.45, 7) is 0. The van der Waals surface area contributed by atoms with Gasteiger partial charge in [0.25, 0.3) is 5.91 Å². The highest BCUT2D eigenvalue weighted by Crippen LogP contribution is 2.18. The molecule has 2 aromatic rings. The SMILES string of the molecule is NC(=O)Cc1csc(NC(=O)c2cccc(Cl)c2)n1. The molecule has 2 rings (SSSR count). The van der Waals surface area contributed by atoms with Gasteiger partial charge in [-0.1, -0.05) is 17.7 Å². The van der Waals surface area contributed by atoms with Crippen LogP contribution in [0.2, 0.25) is 5.02 Å². The van der Waals surface area contributed by atoms with Gasteiger partial charge >= 0.3 is 0 Å². The predicted molar refractivity (Wildman–Crippen MR) is 74.4 cm³/mol. The first-order valence-electron chi connectivity index (χ1n) is 5.34. The number of thiazole rings is 1. The fraction of sp³-hybridized carbons (Fsp3) is 0.0833. The van der Waals surface area contributed by atoms with Crippen molar-refractivity contribution in [3.63, 3.8) is 0 Å². The number of nitrogens with zero attached hydrogens (tertiary/aromatic N) is 1. The number of nitrogens with two attached hydrogens (primary N) is 1. The third-order valence-corrected chi connectivity index (χ3v) is 3.26. The molecule has 3 N–H and O–H groups in total. The van der Waals surface area contributed by atoms with E-state index in [1.54, 1.807) is 29.6 Å². The lowest BCUT2D eigenvalue weighted by molar-refractivity contribution is -0.117. The van der Waals surface area contributed by atoms with E-state index in [9.17, 15) is 9.59 Å². The van der Waals surface area contributed by atoms with Crippen LogP contribution < -0.4 is 11.1 Å². The molecule has 1 aromatic heterocycles. The van der Waals surface area contributed by atoms with Gasteiger partial charge in [0.05, 0.1) is 12.1 Å². The minimum Gasteiger partial charge on any atom is -0.369 e. The third kappa shape index (κ3) is 3.77. The molecule has 0 saturated carbocycles. The molecule has 0 bridgehead atoms. The monoisotopic (exact) mass is 295 g/mol. The molecule has 0 saturated heterocycles. The number of rotatable bonds is 4. The second-order valence-electron chi connectivity index (χ2n) is 3.75. The van der Waals surface area contributed by atoms with E-state index in [2.05, 4.69) is 10.3 Å². The lowest BCUT2D eigenvalue weighted by Crippen LogP contribution is -2.14. The minimum atomic E-state index is -0.460. The largest absolute Gasteiger partial charge is 0.369 e. The molecule has 0 aliphatic carbocycles. The Bertz CT molecular complexity index is 627. The van der Waals surface area contributed by atoms with Crippen molar-refractivity contribution >= 4 is 39.9 Å². The highest BCUT2D eigenvalue weighted by atomic mass is 35.5. The van der Waals surface area contributed by atoms with Crippen molar-refractivity contribution < 1.29 is 9.59 Å². The molecule has 7 heteroatoms. The van der Waals surface area contributed by atoms with Crippen molar-refractivity contribution in [2.45, 2.75) is 6.42 Å². The number of halogens is 1. The molecule has 19 heavy (non-hydrogen) atoms. The number of hydrogen-bond donors (Lipinski definition) is 2. The maximum absolute atomic E-state index is 11.9. The molecule has 0 aliphatic rings. The Morgan fingerprint density at radius 3 is 2.89 bits per heavy atom. The van der Waals surface area contributed by atoms with E-state index in [4.69, 9.17) is 17.3 Å². The third-order valence-electron chi connectivity index (χ3n) is 2.21. The van der Waals surface area contributed by atoms with Crippen LogP contribution in [0.5, 0.6) is 0 Å². The van der Waals surface area contributed by atoms with E-state index in [1.165, 1.54) is 11.3 Å². The van der Waals surface area contributed by atoms with Crippen LogP contribution in [0.4, 0.5) is 5.13 Å². The van der Waals surface area contributed by atoms with E-state index >= 15 is 0 Å². The first-order chi connectivity index (χ1) is 9.04. The summed E-state index contributed by atoms with van der Waals surface area (Å²) in [4.78, 5) is 26.7. The number of nitrogens with one attached hydrogen (secondary N) is 1. The molecule has 0 radical (unpaired) electrons. The Balaban J connectivity index is 2.06. The van der Waals surface area contributed by atoms with Crippen molar-refractivity contribution in [2.24, 2.45) is 5.73 Å². The highest BCUT2D eigenvalue weighted by Gasteiger charge is 2.10. The molecule has 0 unspecified atom stereocenters. The molecule has 5 nitrogen and oxygen atoms in total. The topological polar surface area (TPSA) is 85.1 Å². The van der Waals surface area contributed by atoms with Gasteiger partial charge in [0.15, 0.2) is 5.13 Å². The number of benzene rings is 1. The van der Waals surface area contributed by atoms with E-state index in [0.29, 0.717) is 21.4 Å². The van der Waals surface area contributed by atoms with Crippen molar-refractivity contribution in [2.75, 3.05) is 5.32 Å². The minimum absolute atomic E-state index is 0.0591. The van der Waals surface area contributed by atoms with Crippen LogP contribution in [0, 0.1) is 0 Å². The molecular weight excluding hydrogens is 286 g/mol. The van der Waals surface area contributed by atoms with E-state index in [1.807, 2.05) is 0 Å². The number of hydrogen-bond acceptors (Lipinski definition) is 4. The lowest BCUT2D eigenvalue weighted by atomic mass is 10.2. The number of carbonyl (C=O) groups is 2.